The summed E-state index contributed by atoms with van der Waals surface area (Å²) in [5.74, 6) is -0.505. The van der Waals surface area contributed by atoms with Crippen molar-refractivity contribution >= 4 is 40.4 Å². The third-order valence-electron chi connectivity index (χ3n) is 5.90. The summed E-state index contributed by atoms with van der Waals surface area (Å²) in [7, 11) is 5.88. The Bertz CT molecular complexity index is 1340. The number of thiophene rings is 1. The van der Waals surface area contributed by atoms with Gasteiger partial charge in [0.25, 0.3) is 11.7 Å². The van der Waals surface area contributed by atoms with Crippen LogP contribution in [0.3, 0.4) is 0 Å². The fourth-order valence-electron chi connectivity index (χ4n) is 4.17. The molecule has 0 spiro atoms. The number of rotatable bonds is 8. The third kappa shape index (κ3) is 4.47. The molecule has 8 nitrogen and oxygen atoms in total. The number of Topliss-reactive ketones (excluding diaryl/α,β-unsaturated/α-hetero) is 1. The van der Waals surface area contributed by atoms with E-state index < -0.39 is 23.5 Å². The predicted octanol–water partition coefficient (Wildman–Crippen LogP) is 5.06. The molecule has 188 valence electrons. The van der Waals surface area contributed by atoms with Crippen LogP contribution < -0.4 is 18.9 Å². The van der Waals surface area contributed by atoms with Crippen molar-refractivity contribution in [2.24, 2.45) is 0 Å². The molecule has 2 aromatic carbocycles. The first-order valence-electron chi connectivity index (χ1n) is 10.8. The minimum atomic E-state index is -0.905. The number of benzene rings is 2. The molecule has 0 radical (unpaired) electrons. The number of amides is 1. The second kappa shape index (κ2) is 10.5. The summed E-state index contributed by atoms with van der Waals surface area (Å²) in [4.78, 5) is 28.9. The predicted molar refractivity (Wildman–Crippen MR) is 136 cm³/mol. The van der Waals surface area contributed by atoms with E-state index in [1.165, 1.54) is 56.8 Å². The van der Waals surface area contributed by atoms with Crippen LogP contribution in [0.2, 0.25) is 5.02 Å². The largest absolute Gasteiger partial charge is 0.507 e. The summed E-state index contributed by atoms with van der Waals surface area (Å²) in [6.07, 6.45) is 0. The Hall–Kier alpha value is -3.69. The maximum absolute atomic E-state index is 13.4. The molecule has 1 unspecified atom stereocenters. The lowest BCUT2D eigenvalue weighted by Crippen LogP contribution is -2.28. The number of nitrogens with zero attached hydrogens (tertiary/aromatic N) is 1. The lowest BCUT2D eigenvalue weighted by molar-refractivity contribution is -0.140. The lowest BCUT2D eigenvalue weighted by Gasteiger charge is -2.25. The number of hydrogen-bond donors (Lipinski definition) is 1. The Morgan fingerprint density at radius 1 is 0.944 bits per heavy atom. The van der Waals surface area contributed by atoms with Gasteiger partial charge in [-0.25, -0.2) is 0 Å². The Morgan fingerprint density at radius 3 is 2.25 bits per heavy atom. The molecule has 1 aliphatic rings. The van der Waals surface area contributed by atoms with Crippen LogP contribution in [-0.2, 0) is 16.1 Å². The van der Waals surface area contributed by atoms with Crippen LogP contribution in [0.25, 0.3) is 5.76 Å². The van der Waals surface area contributed by atoms with Crippen molar-refractivity contribution < 1.29 is 33.6 Å². The standard InChI is InChI=1S/C26H24ClNO7S/c1-32-18-8-7-14(10-21(18)35-4)23-22(25(30)26(31)28(23)13-15-6-5-9-36-15)24(29)16-11-17(27)20(34-3)12-19(16)33-2/h5-12,23,29H,13H2,1-4H3/b24-22+. The highest BCUT2D eigenvalue weighted by Crippen LogP contribution is 2.45. The SMILES string of the molecule is COc1cc(OC)c(/C(O)=C2\C(=O)C(=O)N(Cc3cccs3)C2c2ccc(OC)c(OC)c2)cc1Cl. The number of carbonyl (C=O) groups excluding carboxylic acids is 2. The molecule has 4 rings (SSSR count). The topological polar surface area (TPSA) is 94.5 Å². The van der Waals surface area contributed by atoms with Crippen LogP contribution in [0.5, 0.6) is 23.0 Å². The van der Waals surface area contributed by atoms with Crippen LogP contribution in [0.4, 0.5) is 0 Å². The van der Waals surface area contributed by atoms with E-state index in [9.17, 15) is 14.7 Å². The number of ketones is 1. The molecular weight excluding hydrogens is 506 g/mol. The number of halogens is 1. The second-order valence-electron chi connectivity index (χ2n) is 7.81. The molecule has 1 N–H and O–H groups in total. The first kappa shape index (κ1) is 25.4. The van der Waals surface area contributed by atoms with E-state index in [0.717, 1.165) is 4.88 Å². The zero-order valence-corrected chi connectivity index (χ0v) is 21.6. The van der Waals surface area contributed by atoms with Crippen molar-refractivity contribution in [3.8, 4) is 23.0 Å². The van der Waals surface area contributed by atoms with E-state index in [1.807, 2.05) is 17.5 Å². The number of aliphatic hydroxyl groups excluding tert-OH is 1. The quantitative estimate of drug-likeness (QED) is 0.248. The van der Waals surface area contributed by atoms with Gasteiger partial charge in [-0.05, 0) is 35.2 Å². The van der Waals surface area contributed by atoms with Gasteiger partial charge in [0.1, 0.15) is 17.3 Å². The number of carbonyl (C=O) groups is 2. The van der Waals surface area contributed by atoms with Crippen LogP contribution >= 0.6 is 22.9 Å². The first-order valence-corrected chi connectivity index (χ1v) is 12.0. The normalized spacial score (nSPS) is 16.8. The van der Waals surface area contributed by atoms with E-state index in [2.05, 4.69) is 0 Å². The highest BCUT2D eigenvalue weighted by Gasteiger charge is 2.46. The van der Waals surface area contributed by atoms with Gasteiger partial charge in [0, 0.05) is 10.9 Å². The molecule has 0 saturated carbocycles. The van der Waals surface area contributed by atoms with Gasteiger partial charge in [0.05, 0.1) is 57.2 Å². The Kier molecular flexibility index (Phi) is 7.42. The minimum absolute atomic E-state index is 0.0942. The molecule has 3 aromatic rings. The molecule has 36 heavy (non-hydrogen) atoms. The molecular formula is C26H24ClNO7S. The summed E-state index contributed by atoms with van der Waals surface area (Å²) in [6, 6.07) is 10.9. The lowest BCUT2D eigenvalue weighted by atomic mass is 9.94. The van der Waals surface area contributed by atoms with Gasteiger partial charge in [0.15, 0.2) is 11.5 Å². The number of likely N-dealkylation sites (tertiary alicyclic amines) is 1. The fourth-order valence-corrected chi connectivity index (χ4v) is 5.12. The van der Waals surface area contributed by atoms with Crippen LogP contribution in [0.1, 0.15) is 22.0 Å². The maximum Gasteiger partial charge on any atom is 0.295 e. The van der Waals surface area contributed by atoms with Crippen LogP contribution in [-0.4, -0.2) is 50.1 Å². The fraction of sp³-hybridized carbons (Fsp3) is 0.231. The van der Waals surface area contributed by atoms with E-state index in [4.69, 9.17) is 30.5 Å². The molecule has 1 atom stereocenters. The molecule has 0 aliphatic carbocycles. The molecule has 1 amide bonds. The number of aliphatic hydroxyl groups is 1. The third-order valence-corrected chi connectivity index (χ3v) is 7.06. The van der Waals surface area contributed by atoms with Crippen molar-refractivity contribution in [1.82, 2.24) is 4.90 Å². The van der Waals surface area contributed by atoms with Gasteiger partial charge in [-0.2, -0.15) is 0 Å². The van der Waals surface area contributed by atoms with Crippen molar-refractivity contribution in [3.05, 3.63) is 74.4 Å². The molecule has 1 fully saturated rings. The van der Waals surface area contributed by atoms with E-state index in [1.54, 1.807) is 18.2 Å². The van der Waals surface area contributed by atoms with Crippen molar-refractivity contribution in [2.45, 2.75) is 12.6 Å². The maximum atomic E-state index is 13.4. The summed E-state index contributed by atoms with van der Waals surface area (Å²) in [5, 5.41) is 13.6. The first-order chi connectivity index (χ1) is 17.3. The van der Waals surface area contributed by atoms with Gasteiger partial charge in [-0.1, -0.05) is 23.7 Å². The van der Waals surface area contributed by atoms with Crippen molar-refractivity contribution in [1.29, 1.82) is 0 Å². The average Bonchev–Trinajstić information content (AvgIpc) is 3.50. The van der Waals surface area contributed by atoms with Gasteiger partial charge in [-0.15, -0.1) is 11.3 Å². The summed E-state index contributed by atoms with van der Waals surface area (Å²) >= 11 is 7.78. The zero-order chi connectivity index (χ0) is 26.0. The summed E-state index contributed by atoms with van der Waals surface area (Å²) in [6.45, 7) is 0.179. The van der Waals surface area contributed by atoms with Crippen LogP contribution in [0, 0.1) is 0 Å². The number of hydrogen-bond acceptors (Lipinski definition) is 8. The highest BCUT2D eigenvalue weighted by atomic mass is 35.5. The Balaban J connectivity index is 1.95. The van der Waals surface area contributed by atoms with E-state index in [0.29, 0.717) is 22.8 Å². The number of ether oxygens (including phenoxy) is 4. The molecule has 0 bridgehead atoms. The Morgan fingerprint density at radius 2 is 1.64 bits per heavy atom. The molecule has 10 heteroatoms. The second-order valence-corrected chi connectivity index (χ2v) is 9.25. The van der Waals surface area contributed by atoms with Crippen molar-refractivity contribution in [2.75, 3.05) is 28.4 Å². The summed E-state index contributed by atoms with van der Waals surface area (Å²) < 4.78 is 21.5. The molecule has 1 aliphatic heterocycles. The van der Waals surface area contributed by atoms with Crippen LogP contribution in [0.15, 0.2) is 53.4 Å². The summed E-state index contributed by atoms with van der Waals surface area (Å²) in [5.41, 5.74) is 0.620. The molecule has 1 aromatic heterocycles. The average molecular weight is 530 g/mol. The minimum Gasteiger partial charge on any atom is -0.507 e. The van der Waals surface area contributed by atoms with Gasteiger partial charge in [0.2, 0.25) is 0 Å². The Labute approximate surface area is 217 Å². The van der Waals surface area contributed by atoms with Gasteiger partial charge >= 0.3 is 0 Å². The van der Waals surface area contributed by atoms with Gasteiger partial charge < -0.3 is 29.0 Å². The van der Waals surface area contributed by atoms with E-state index >= 15 is 0 Å². The number of methoxy groups -OCH3 is 4. The van der Waals surface area contributed by atoms with Crippen molar-refractivity contribution in [3.63, 3.8) is 0 Å². The molecule has 2 heterocycles. The van der Waals surface area contributed by atoms with E-state index in [-0.39, 0.29) is 28.5 Å². The zero-order valence-electron chi connectivity index (χ0n) is 20.0. The smallest absolute Gasteiger partial charge is 0.295 e. The molecule has 1 saturated heterocycles. The van der Waals surface area contributed by atoms with Gasteiger partial charge in [-0.3, -0.25) is 9.59 Å². The highest BCUT2D eigenvalue weighted by molar-refractivity contribution is 7.09. The monoisotopic (exact) mass is 529 g/mol.